The average Bonchev–Trinajstić information content (AvgIpc) is 3.37. The number of fused-ring (bicyclic) bond motifs is 3. The second-order valence-electron chi connectivity index (χ2n) is 8.13. The highest BCUT2D eigenvalue weighted by Gasteiger charge is 2.37. The van der Waals surface area contributed by atoms with E-state index in [1.54, 1.807) is 24.6 Å². The Bertz CT molecular complexity index is 1490. The molecule has 3 aromatic heterocycles. The third-order valence-electron chi connectivity index (χ3n) is 6.19. The monoisotopic (exact) mass is 474 g/mol. The van der Waals surface area contributed by atoms with Crippen LogP contribution in [-0.2, 0) is 20.6 Å². The van der Waals surface area contributed by atoms with Crippen LogP contribution in [0.15, 0.2) is 39.2 Å². The van der Waals surface area contributed by atoms with Gasteiger partial charge in [-0.1, -0.05) is 23.7 Å². The van der Waals surface area contributed by atoms with Crippen molar-refractivity contribution in [1.82, 2.24) is 18.7 Å². The molecule has 166 valence electrons. The van der Waals surface area contributed by atoms with Gasteiger partial charge in [0.15, 0.2) is 0 Å². The van der Waals surface area contributed by atoms with Crippen molar-refractivity contribution in [3.8, 4) is 11.3 Å². The minimum atomic E-state index is -0.444. The van der Waals surface area contributed by atoms with E-state index >= 15 is 0 Å². The molecule has 0 aliphatic carbocycles. The molecule has 4 heterocycles. The van der Waals surface area contributed by atoms with E-state index in [4.69, 9.17) is 11.6 Å². The van der Waals surface area contributed by atoms with Gasteiger partial charge < -0.3 is 9.67 Å². The summed E-state index contributed by atoms with van der Waals surface area (Å²) in [5, 5.41) is 13.2. The van der Waals surface area contributed by atoms with E-state index in [9.17, 15) is 19.1 Å². The number of rotatable bonds is 3. The Labute approximate surface area is 191 Å². The molecule has 0 spiro atoms. The highest BCUT2D eigenvalue weighted by atomic mass is 35.5. The highest BCUT2D eigenvalue weighted by Crippen LogP contribution is 2.45. The van der Waals surface area contributed by atoms with Crippen LogP contribution in [0.25, 0.3) is 22.2 Å². The topological polar surface area (TPSA) is 82.0 Å². The van der Waals surface area contributed by atoms with E-state index < -0.39 is 17.1 Å². The van der Waals surface area contributed by atoms with E-state index in [2.05, 4.69) is 4.98 Å². The van der Waals surface area contributed by atoms with Crippen LogP contribution in [0.3, 0.4) is 0 Å². The Morgan fingerprint density at radius 1 is 1.28 bits per heavy atom. The van der Waals surface area contributed by atoms with Crippen molar-refractivity contribution in [2.75, 3.05) is 6.61 Å². The normalized spacial score (nSPS) is 18.3. The quantitative estimate of drug-likeness (QED) is 0.494. The molecule has 0 fully saturated rings. The number of hydrogen-bond donors (Lipinski definition) is 1. The molecule has 7 nitrogen and oxygen atoms in total. The second kappa shape index (κ2) is 7.68. The van der Waals surface area contributed by atoms with Crippen LogP contribution in [-0.4, -0.2) is 30.4 Å². The number of halogens is 2. The van der Waals surface area contributed by atoms with Gasteiger partial charge in [-0.15, -0.1) is 11.3 Å². The molecule has 1 aromatic carbocycles. The van der Waals surface area contributed by atoms with E-state index in [1.807, 2.05) is 4.57 Å². The van der Waals surface area contributed by atoms with Crippen LogP contribution in [0.2, 0.25) is 5.15 Å². The van der Waals surface area contributed by atoms with Crippen molar-refractivity contribution in [2.45, 2.75) is 18.9 Å². The molecular weight excluding hydrogens is 455 g/mol. The predicted molar refractivity (Wildman–Crippen MR) is 122 cm³/mol. The first kappa shape index (κ1) is 21.1. The molecule has 2 atom stereocenters. The van der Waals surface area contributed by atoms with Gasteiger partial charge in [0.25, 0.3) is 5.56 Å². The van der Waals surface area contributed by atoms with E-state index in [0.29, 0.717) is 40.3 Å². The van der Waals surface area contributed by atoms with Crippen LogP contribution in [0.5, 0.6) is 0 Å². The number of hydrogen-bond acceptors (Lipinski definition) is 5. The molecule has 1 aliphatic heterocycles. The molecule has 0 saturated carbocycles. The molecule has 10 heteroatoms. The SMILES string of the molecule is Cn1c(=O)c2c(-c3cccc(F)c3)n3c(c2n(C)c1=O)[C@@H](c1nc(Cl)cs1)C[C@H](CO)C3. The number of aryl methyl sites for hydroxylation is 1. The van der Waals surface area contributed by atoms with Crippen molar-refractivity contribution < 1.29 is 9.50 Å². The average molecular weight is 475 g/mol. The van der Waals surface area contributed by atoms with Gasteiger partial charge in [-0.2, -0.15) is 0 Å². The first-order chi connectivity index (χ1) is 15.3. The van der Waals surface area contributed by atoms with E-state index in [0.717, 1.165) is 15.3 Å². The number of benzene rings is 1. The molecule has 0 amide bonds. The molecule has 0 unspecified atom stereocenters. The predicted octanol–water partition coefficient (Wildman–Crippen LogP) is 3.10. The summed E-state index contributed by atoms with van der Waals surface area (Å²) in [5.74, 6) is -0.809. The van der Waals surface area contributed by atoms with Crippen LogP contribution in [0, 0.1) is 11.7 Å². The molecule has 32 heavy (non-hydrogen) atoms. The summed E-state index contributed by atoms with van der Waals surface area (Å²) in [6.07, 6.45) is 0.589. The minimum absolute atomic E-state index is 0.0525. The fraction of sp³-hybridized carbons (Fsp3) is 0.318. The molecule has 5 rings (SSSR count). The molecule has 0 saturated heterocycles. The Hall–Kier alpha value is -2.75. The molecule has 1 aliphatic rings. The first-order valence-corrected chi connectivity index (χ1v) is 11.4. The lowest BCUT2D eigenvalue weighted by molar-refractivity contribution is 0.186. The van der Waals surface area contributed by atoms with Crippen LogP contribution < -0.4 is 11.2 Å². The zero-order chi connectivity index (χ0) is 22.7. The number of aliphatic hydroxyl groups excluding tert-OH is 1. The van der Waals surface area contributed by atoms with Crippen molar-refractivity contribution in [3.05, 3.63) is 72.2 Å². The summed E-state index contributed by atoms with van der Waals surface area (Å²) < 4.78 is 18.7. The lowest BCUT2D eigenvalue weighted by Crippen LogP contribution is -2.37. The molecule has 4 aromatic rings. The standard InChI is InChI=1S/C22H20ClFN4O3S/c1-26-19-16(21(30)27(2)22(26)31)17(12-4-3-5-13(24)7-12)28-8-11(9-29)6-14(18(19)28)20-25-15(23)10-32-20/h3-5,7,10-11,14,29H,6,8-9H2,1-2H3/t11-,14-/m0/s1. The second-order valence-corrected chi connectivity index (χ2v) is 9.41. The van der Waals surface area contributed by atoms with Crippen molar-refractivity contribution >= 4 is 33.8 Å². The van der Waals surface area contributed by atoms with E-state index in [1.165, 1.54) is 35.1 Å². The number of nitrogens with zero attached hydrogens (tertiary/aromatic N) is 4. The zero-order valence-electron chi connectivity index (χ0n) is 17.4. The van der Waals surface area contributed by atoms with Gasteiger partial charge >= 0.3 is 5.69 Å². The van der Waals surface area contributed by atoms with Gasteiger partial charge in [-0.05, 0) is 18.6 Å². The smallest absolute Gasteiger partial charge is 0.331 e. The van der Waals surface area contributed by atoms with Gasteiger partial charge in [0.05, 0.1) is 28.2 Å². The van der Waals surface area contributed by atoms with E-state index in [-0.39, 0.29) is 18.4 Å². The maximum atomic E-state index is 14.2. The van der Waals surface area contributed by atoms with Crippen molar-refractivity contribution in [2.24, 2.45) is 20.0 Å². The number of aromatic nitrogens is 4. The van der Waals surface area contributed by atoms with Crippen LogP contribution in [0.4, 0.5) is 4.39 Å². The largest absolute Gasteiger partial charge is 0.396 e. The summed E-state index contributed by atoms with van der Waals surface area (Å²) in [6.45, 7) is 0.377. The fourth-order valence-corrected chi connectivity index (χ4v) is 5.84. The molecule has 0 bridgehead atoms. The molecule has 1 N–H and O–H groups in total. The van der Waals surface area contributed by atoms with Crippen LogP contribution >= 0.6 is 22.9 Å². The third kappa shape index (κ3) is 3.07. The maximum Gasteiger partial charge on any atom is 0.331 e. The highest BCUT2D eigenvalue weighted by molar-refractivity contribution is 7.10. The zero-order valence-corrected chi connectivity index (χ0v) is 19.0. The summed E-state index contributed by atoms with van der Waals surface area (Å²) in [7, 11) is 3.06. The summed E-state index contributed by atoms with van der Waals surface area (Å²) >= 11 is 7.51. The Kier molecular flexibility index (Phi) is 5.07. The summed E-state index contributed by atoms with van der Waals surface area (Å²) in [6, 6.07) is 6.06. The van der Waals surface area contributed by atoms with Crippen LogP contribution in [0.1, 0.15) is 23.0 Å². The third-order valence-corrected chi connectivity index (χ3v) is 7.47. The molecule has 0 radical (unpaired) electrons. The number of thiazole rings is 1. The molecular formula is C22H20ClFN4O3S. The number of aliphatic hydroxyl groups is 1. The lowest BCUT2D eigenvalue weighted by atomic mass is 9.88. The van der Waals surface area contributed by atoms with Gasteiger partial charge in [-0.25, -0.2) is 14.2 Å². The fourth-order valence-electron chi connectivity index (χ4n) is 4.77. The van der Waals surface area contributed by atoms with Gasteiger partial charge in [0.1, 0.15) is 16.0 Å². The van der Waals surface area contributed by atoms with Gasteiger partial charge in [-0.3, -0.25) is 13.9 Å². The summed E-state index contributed by atoms with van der Waals surface area (Å²) in [5.41, 5.74) is 1.45. The Balaban J connectivity index is 1.97. The van der Waals surface area contributed by atoms with Gasteiger partial charge in [0, 0.05) is 44.1 Å². The van der Waals surface area contributed by atoms with Gasteiger partial charge in [0.2, 0.25) is 0 Å². The van der Waals surface area contributed by atoms with Crippen molar-refractivity contribution in [1.29, 1.82) is 0 Å². The lowest BCUT2D eigenvalue weighted by Gasteiger charge is -2.31. The summed E-state index contributed by atoms with van der Waals surface area (Å²) in [4.78, 5) is 30.7. The maximum absolute atomic E-state index is 14.2. The first-order valence-electron chi connectivity index (χ1n) is 10.1. The van der Waals surface area contributed by atoms with Crippen molar-refractivity contribution in [3.63, 3.8) is 0 Å². The Morgan fingerprint density at radius 3 is 2.72 bits per heavy atom. The Morgan fingerprint density at radius 2 is 2.06 bits per heavy atom. The minimum Gasteiger partial charge on any atom is -0.396 e.